The number of benzene rings is 1. The van der Waals surface area contributed by atoms with E-state index in [4.69, 9.17) is 11.5 Å². The quantitative estimate of drug-likeness (QED) is 0.569. The Morgan fingerprint density at radius 1 is 1.10 bits per heavy atom. The second-order valence-corrected chi connectivity index (χ2v) is 2.26. The number of hydrogen-bond donors (Lipinski definition) is 2. The summed E-state index contributed by atoms with van der Waals surface area (Å²) in [7, 11) is 0. The number of rotatable bonds is 1. The molecule has 0 amide bonds. The van der Waals surface area contributed by atoms with Crippen LogP contribution < -0.4 is 11.5 Å². The van der Waals surface area contributed by atoms with E-state index in [0.717, 1.165) is 12.0 Å². The molecule has 0 heterocycles. The molecule has 0 unspecified atom stereocenters. The van der Waals surface area contributed by atoms with Crippen molar-refractivity contribution in [3.8, 4) is 0 Å². The van der Waals surface area contributed by atoms with Crippen molar-refractivity contribution in [2.24, 2.45) is 0 Å². The van der Waals surface area contributed by atoms with Gasteiger partial charge in [0, 0.05) is 11.4 Å². The second kappa shape index (κ2) is 2.60. The van der Waals surface area contributed by atoms with Crippen molar-refractivity contribution >= 4 is 11.4 Å². The molecule has 0 aliphatic rings. The molecule has 1 rings (SSSR count). The fourth-order valence-electron chi connectivity index (χ4n) is 0.890. The van der Waals surface area contributed by atoms with Crippen molar-refractivity contribution in [3.05, 3.63) is 30.7 Å². The summed E-state index contributed by atoms with van der Waals surface area (Å²) in [6.45, 7) is 3.73. The first-order chi connectivity index (χ1) is 4.72. The minimum atomic E-state index is 0.707. The first-order valence-corrected chi connectivity index (χ1v) is 3.16. The van der Waals surface area contributed by atoms with Gasteiger partial charge >= 0.3 is 0 Å². The Balaban J connectivity index is 3.06. The SMILES string of the molecule is [CH2]Cc1cc(N)cc(N)c1. The number of anilines is 2. The third-order valence-corrected chi connectivity index (χ3v) is 1.33. The van der Waals surface area contributed by atoms with Crippen LogP contribution in [0.1, 0.15) is 5.56 Å². The van der Waals surface area contributed by atoms with Crippen molar-refractivity contribution in [2.75, 3.05) is 11.5 Å². The van der Waals surface area contributed by atoms with Crippen LogP contribution in [0.2, 0.25) is 0 Å². The summed E-state index contributed by atoms with van der Waals surface area (Å²) in [5.74, 6) is 0. The Hall–Kier alpha value is -1.18. The van der Waals surface area contributed by atoms with E-state index in [1.54, 1.807) is 6.07 Å². The Labute approximate surface area is 60.8 Å². The van der Waals surface area contributed by atoms with E-state index in [1.807, 2.05) is 12.1 Å². The summed E-state index contributed by atoms with van der Waals surface area (Å²) in [4.78, 5) is 0. The van der Waals surface area contributed by atoms with Crippen LogP contribution in [0.4, 0.5) is 11.4 Å². The molecule has 0 saturated heterocycles. The molecule has 0 aromatic heterocycles. The maximum atomic E-state index is 5.53. The molecule has 1 aromatic carbocycles. The van der Waals surface area contributed by atoms with Gasteiger partial charge in [-0.15, -0.1) is 0 Å². The van der Waals surface area contributed by atoms with Crippen LogP contribution in [-0.4, -0.2) is 0 Å². The summed E-state index contributed by atoms with van der Waals surface area (Å²) in [5, 5.41) is 0. The molecule has 0 saturated carbocycles. The molecule has 0 bridgehead atoms. The van der Waals surface area contributed by atoms with E-state index in [2.05, 4.69) is 6.92 Å². The average molecular weight is 135 g/mol. The van der Waals surface area contributed by atoms with Crippen LogP contribution in [0.15, 0.2) is 18.2 Å². The molecule has 1 aromatic rings. The fourth-order valence-corrected chi connectivity index (χ4v) is 0.890. The first-order valence-electron chi connectivity index (χ1n) is 3.16. The molecule has 2 nitrogen and oxygen atoms in total. The van der Waals surface area contributed by atoms with Gasteiger partial charge in [0.15, 0.2) is 0 Å². The van der Waals surface area contributed by atoms with Crippen LogP contribution in [0, 0.1) is 6.92 Å². The predicted molar refractivity (Wildman–Crippen MR) is 44.3 cm³/mol. The van der Waals surface area contributed by atoms with Gasteiger partial charge in [-0.3, -0.25) is 0 Å². The van der Waals surface area contributed by atoms with Gasteiger partial charge in [0.1, 0.15) is 0 Å². The highest BCUT2D eigenvalue weighted by Crippen LogP contribution is 2.13. The zero-order chi connectivity index (χ0) is 7.56. The van der Waals surface area contributed by atoms with E-state index in [0.29, 0.717) is 11.4 Å². The van der Waals surface area contributed by atoms with Gasteiger partial charge in [-0.2, -0.15) is 0 Å². The standard InChI is InChI=1S/C8H11N2/c1-2-6-3-7(9)5-8(10)4-6/h3-5H,1-2,9-10H2. The van der Waals surface area contributed by atoms with E-state index in [-0.39, 0.29) is 0 Å². The van der Waals surface area contributed by atoms with Crippen LogP contribution in [0.5, 0.6) is 0 Å². The summed E-state index contributed by atoms with van der Waals surface area (Å²) >= 11 is 0. The van der Waals surface area contributed by atoms with Crippen LogP contribution >= 0.6 is 0 Å². The van der Waals surface area contributed by atoms with Crippen LogP contribution in [-0.2, 0) is 6.42 Å². The van der Waals surface area contributed by atoms with Crippen molar-refractivity contribution in [2.45, 2.75) is 6.42 Å². The van der Waals surface area contributed by atoms with Gasteiger partial charge in [0.25, 0.3) is 0 Å². The molecular weight excluding hydrogens is 124 g/mol. The molecule has 4 N–H and O–H groups in total. The molecular formula is C8H11N2. The lowest BCUT2D eigenvalue weighted by Crippen LogP contribution is -1.92. The maximum absolute atomic E-state index is 5.53. The van der Waals surface area contributed by atoms with Gasteiger partial charge in [0.05, 0.1) is 0 Å². The van der Waals surface area contributed by atoms with Gasteiger partial charge in [0.2, 0.25) is 0 Å². The van der Waals surface area contributed by atoms with Crippen molar-refractivity contribution in [1.29, 1.82) is 0 Å². The zero-order valence-corrected chi connectivity index (χ0v) is 5.80. The molecule has 2 heteroatoms. The van der Waals surface area contributed by atoms with Gasteiger partial charge in [-0.25, -0.2) is 0 Å². The highest BCUT2D eigenvalue weighted by atomic mass is 14.6. The summed E-state index contributed by atoms with van der Waals surface area (Å²) in [6, 6.07) is 5.49. The summed E-state index contributed by atoms with van der Waals surface area (Å²) < 4.78 is 0. The average Bonchev–Trinajstić information content (AvgIpc) is 1.85. The summed E-state index contributed by atoms with van der Waals surface area (Å²) in [5.41, 5.74) is 13.5. The Morgan fingerprint density at radius 2 is 1.60 bits per heavy atom. The lowest BCUT2D eigenvalue weighted by Gasteiger charge is -2.00. The molecule has 0 spiro atoms. The normalized spacial score (nSPS) is 9.70. The first kappa shape index (κ1) is 6.93. The number of nitrogen functional groups attached to an aromatic ring is 2. The van der Waals surface area contributed by atoms with Crippen LogP contribution in [0.25, 0.3) is 0 Å². The summed E-state index contributed by atoms with van der Waals surface area (Å²) in [6.07, 6.45) is 0.731. The maximum Gasteiger partial charge on any atom is 0.0337 e. The van der Waals surface area contributed by atoms with Crippen molar-refractivity contribution < 1.29 is 0 Å². The highest BCUT2D eigenvalue weighted by molar-refractivity contribution is 5.54. The lowest BCUT2D eigenvalue weighted by atomic mass is 10.1. The fraction of sp³-hybridized carbons (Fsp3) is 0.125. The molecule has 0 fully saturated rings. The Kier molecular flexibility index (Phi) is 1.81. The molecule has 0 aliphatic heterocycles. The second-order valence-electron chi connectivity index (χ2n) is 2.26. The third-order valence-electron chi connectivity index (χ3n) is 1.33. The molecule has 0 atom stereocenters. The third kappa shape index (κ3) is 1.41. The zero-order valence-electron chi connectivity index (χ0n) is 5.80. The van der Waals surface area contributed by atoms with Gasteiger partial charge < -0.3 is 11.5 Å². The number of nitrogens with two attached hydrogens (primary N) is 2. The molecule has 0 aliphatic carbocycles. The Morgan fingerprint density at radius 3 is 2.00 bits per heavy atom. The predicted octanol–water partition coefficient (Wildman–Crippen LogP) is 1.23. The topological polar surface area (TPSA) is 52.0 Å². The highest BCUT2D eigenvalue weighted by Gasteiger charge is 1.92. The van der Waals surface area contributed by atoms with Crippen LogP contribution in [0.3, 0.4) is 0 Å². The molecule has 10 heavy (non-hydrogen) atoms. The smallest absolute Gasteiger partial charge is 0.0337 e. The minimum Gasteiger partial charge on any atom is -0.399 e. The monoisotopic (exact) mass is 135 g/mol. The Bertz CT molecular complexity index is 210. The lowest BCUT2D eigenvalue weighted by molar-refractivity contribution is 1.28. The van der Waals surface area contributed by atoms with Crippen molar-refractivity contribution in [3.63, 3.8) is 0 Å². The van der Waals surface area contributed by atoms with Crippen molar-refractivity contribution in [1.82, 2.24) is 0 Å². The number of hydrogen-bond acceptors (Lipinski definition) is 2. The van der Waals surface area contributed by atoms with Gasteiger partial charge in [-0.05, 0) is 37.1 Å². The van der Waals surface area contributed by atoms with E-state index in [1.165, 1.54) is 0 Å². The van der Waals surface area contributed by atoms with E-state index < -0.39 is 0 Å². The largest absolute Gasteiger partial charge is 0.399 e. The van der Waals surface area contributed by atoms with Gasteiger partial charge in [-0.1, -0.05) is 0 Å². The molecule has 53 valence electrons. The molecule has 1 radical (unpaired) electrons. The van der Waals surface area contributed by atoms with E-state index in [9.17, 15) is 0 Å². The van der Waals surface area contributed by atoms with E-state index >= 15 is 0 Å². The minimum absolute atomic E-state index is 0.707.